The number of ether oxygens (including phenoxy) is 2. The second kappa shape index (κ2) is 26.2. The first kappa shape index (κ1) is 44.0. The predicted octanol–water partition coefficient (Wildman–Crippen LogP) is -7.13. The van der Waals surface area contributed by atoms with Crippen LogP contribution in [0, 0.1) is 0 Å². The first-order valence-corrected chi connectivity index (χ1v) is 12.9. The van der Waals surface area contributed by atoms with Crippen molar-refractivity contribution in [2.75, 3.05) is 52.0 Å². The van der Waals surface area contributed by atoms with Crippen molar-refractivity contribution in [3.05, 3.63) is 25.3 Å². The summed E-state index contributed by atoms with van der Waals surface area (Å²) in [4.78, 5) is 18.2. The van der Waals surface area contributed by atoms with E-state index in [1.54, 1.807) is 0 Å². The second-order valence-electron chi connectivity index (χ2n) is 6.75. The van der Waals surface area contributed by atoms with Crippen LogP contribution < -0.4 is 59.1 Å². The van der Waals surface area contributed by atoms with Gasteiger partial charge in [0.1, 0.15) is 31.5 Å². The summed E-state index contributed by atoms with van der Waals surface area (Å²) in [5, 5.41) is 17.3. The largest absolute Gasteiger partial charge is 1.00 e. The van der Waals surface area contributed by atoms with Crippen molar-refractivity contribution >= 4 is 20.2 Å². The SMILES string of the molecule is C=CCOCC(O)COOC(C)CS(=O)(=O)[O-].C=CCOCC(O)COOCC(C)S(=O)(=O)[O-].[Na+].[Na+]. The summed E-state index contributed by atoms with van der Waals surface area (Å²) in [6.07, 6.45) is 0.384. The Morgan fingerprint density at radius 1 is 0.778 bits per heavy atom. The number of hydrogen-bond acceptors (Lipinski definition) is 14. The van der Waals surface area contributed by atoms with Crippen molar-refractivity contribution in [2.45, 2.75) is 37.4 Å². The normalized spacial score (nSPS) is 14.6. The quantitative estimate of drug-likeness (QED) is 0.0340. The monoisotopic (exact) mass is 584 g/mol. The molecule has 0 fully saturated rings. The number of hydrogen-bond donors (Lipinski definition) is 2. The van der Waals surface area contributed by atoms with Gasteiger partial charge >= 0.3 is 59.1 Å². The zero-order valence-electron chi connectivity index (χ0n) is 21.1. The van der Waals surface area contributed by atoms with Crippen molar-refractivity contribution in [3.8, 4) is 0 Å². The van der Waals surface area contributed by atoms with Gasteiger partial charge in [-0.15, -0.1) is 13.2 Å². The molecule has 0 heterocycles. The van der Waals surface area contributed by atoms with Gasteiger partial charge in [-0.2, -0.15) is 0 Å². The van der Waals surface area contributed by atoms with E-state index < -0.39 is 49.6 Å². The maximum Gasteiger partial charge on any atom is 1.00 e. The summed E-state index contributed by atoms with van der Waals surface area (Å²) in [5.74, 6) is -0.684. The van der Waals surface area contributed by atoms with Gasteiger partial charge in [-0.05, 0) is 13.8 Å². The fraction of sp³-hybridized carbons (Fsp3) is 0.778. The van der Waals surface area contributed by atoms with Gasteiger partial charge in [-0.3, -0.25) is 0 Å². The van der Waals surface area contributed by atoms with E-state index in [4.69, 9.17) is 9.47 Å². The average Bonchev–Trinajstić information content (AvgIpc) is 2.70. The molecule has 0 saturated carbocycles. The minimum absolute atomic E-state index is 0. The molecule has 4 unspecified atom stereocenters. The first-order valence-electron chi connectivity index (χ1n) is 9.87. The van der Waals surface area contributed by atoms with Crippen LogP contribution in [0.1, 0.15) is 13.8 Å². The van der Waals surface area contributed by atoms with Crippen LogP contribution in [0.4, 0.5) is 0 Å². The van der Waals surface area contributed by atoms with E-state index in [1.807, 2.05) is 0 Å². The fourth-order valence-electron chi connectivity index (χ4n) is 1.57. The topological polar surface area (TPSA) is 210 Å². The molecule has 2 N–H and O–H groups in total. The Hall–Kier alpha value is 0.980. The molecular weight excluding hydrogens is 550 g/mol. The minimum Gasteiger partial charge on any atom is -0.748 e. The molecule has 0 aromatic carbocycles. The molecule has 204 valence electrons. The van der Waals surface area contributed by atoms with Crippen molar-refractivity contribution in [3.63, 3.8) is 0 Å². The molecule has 0 saturated heterocycles. The Kier molecular flexibility index (Phi) is 32.1. The van der Waals surface area contributed by atoms with Crippen LogP contribution in [-0.4, -0.2) is 112 Å². The van der Waals surface area contributed by atoms with E-state index in [-0.39, 0.29) is 92.1 Å². The van der Waals surface area contributed by atoms with Crippen molar-refractivity contribution in [1.29, 1.82) is 0 Å². The van der Waals surface area contributed by atoms with E-state index in [0.717, 1.165) is 0 Å². The molecule has 0 aromatic heterocycles. The van der Waals surface area contributed by atoms with Gasteiger partial charge in [0.25, 0.3) is 0 Å². The van der Waals surface area contributed by atoms with Crippen molar-refractivity contribution in [2.24, 2.45) is 0 Å². The molecule has 0 amide bonds. The maximum absolute atomic E-state index is 10.5. The van der Waals surface area contributed by atoms with Crippen LogP contribution in [-0.2, 0) is 49.3 Å². The van der Waals surface area contributed by atoms with Crippen molar-refractivity contribution < 1.29 is 124 Å². The molecule has 0 spiro atoms. The van der Waals surface area contributed by atoms with Crippen LogP contribution in [0.25, 0.3) is 0 Å². The third-order valence-electron chi connectivity index (χ3n) is 3.16. The molecule has 18 heteroatoms. The Bertz CT molecular complexity index is 736. The predicted molar refractivity (Wildman–Crippen MR) is 116 cm³/mol. The summed E-state index contributed by atoms with van der Waals surface area (Å²) < 4.78 is 72.3. The smallest absolute Gasteiger partial charge is 0.748 e. The van der Waals surface area contributed by atoms with Crippen LogP contribution in [0.3, 0.4) is 0 Å². The summed E-state index contributed by atoms with van der Waals surface area (Å²) in [5.41, 5.74) is 0. The van der Waals surface area contributed by atoms with Gasteiger partial charge in [0, 0.05) is 0 Å². The van der Waals surface area contributed by atoms with Crippen LogP contribution in [0.5, 0.6) is 0 Å². The van der Waals surface area contributed by atoms with Gasteiger partial charge in [0.15, 0.2) is 0 Å². The minimum atomic E-state index is -4.37. The van der Waals surface area contributed by atoms with Gasteiger partial charge in [0.05, 0.1) is 64.3 Å². The zero-order chi connectivity index (χ0) is 26.6. The standard InChI is InChI=1S/2C9H18O7S.2Na/c1-3-4-14-5-9(10)6-15-16-8(2)7-17(11,12)13;1-3-4-14-6-9(10)7-16-15-5-8(2)17(11,12)13;;/h2*3,8-10H,1,4-7H2,2H3,(H,11,12,13);;/q;;2*+1/p-2. The molecule has 0 aliphatic heterocycles. The van der Waals surface area contributed by atoms with Crippen LogP contribution in [0.15, 0.2) is 25.3 Å². The molecule has 0 aliphatic rings. The second-order valence-corrected chi connectivity index (χ2v) is 9.99. The Morgan fingerprint density at radius 3 is 1.58 bits per heavy atom. The van der Waals surface area contributed by atoms with Crippen molar-refractivity contribution in [1.82, 2.24) is 0 Å². The number of aliphatic hydroxyl groups excluding tert-OH is 2. The molecule has 0 radical (unpaired) electrons. The molecular formula is C18H34Na2O14S2. The zero-order valence-corrected chi connectivity index (χ0v) is 26.8. The summed E-state index contributed by atoms with van der Waals surface area (Å²) in [7, 11) is -8.72. The molecule has 0 aromatic rings. The van der Waals surface area contributed by atoms with Gasteiger partial charge in [-0.25, -0.2) is 36.4 Å². The molecule has 0 bridgehead atoms. The van der Waals surface area contributed by atoms with E-state index in [2.05, 4.69) is 32.7 Å². The number of aliphatic hydroxyl groups is 2. The first-order chi connectivity index (χ1) is 15.7. The molecule has 0 aliphatic carbocycles. The van der Waals surface area contributed by atoms with Gasteiger partial charge in [-0.1, -0.05) is 12.2 Å². The summed E-state index contributed by atoms with van der Waals surface area (Å²) in [6, 6.07) is 0. The molecule has 4 atom stereocenters. The van der Waals surface area contributed by atoms with E-state index in [9.17, 15) is 36.2 Å². The fourth-order valence-corrected chi connectivity index (χ4v) is 2.43. The van der Waals surface area contributed by atoms with Gasteiger partial charge in [0.2, 0.25) is 0 Å². The Labute approximate surface area is 257 Å². The Morgan fingerprint density at radius 2 is 1.19 bits per heavy atom. The third-order valence-corrected chi connectivity index (χ3v) is 5.16. The molecule has 14 nitrogen and oxygen atoms in total. The van der Waals surface area contributed by atoms with E-state index >= 15 is 0 Å². The molecule has 0 rings (SSSR count). The summed E-state index contributed by atoms with van der Waals surface area (Å²) in [6.45, 7) is 9.40. The summed E-state index contributed by atoms with van der Waals surface area (Å²) >= 11 is 0. The molecule has 36 heavy (non-hydrogen) atoms. The van der Waals surface area contributed by atoms with E-state index in [0.29, 0.717) is 13.2 Å². The van der Waals surface area contributed by atoms with Crippen LogP contribution >= 0.6 is 0 Å². The Balaban J connectivity index is -0.000000269. The maximum atomic E-state index is 10.5. The third kappa shape index (κ3) is 33.0. The van der Waals surface area contributed by atoms with Crippen LogP contribution in [0.2, 0.25) is 0 Å². The average molecular weight is 585 g/mol. The van der Waals surface area contributed by atoms with E-state index in [1.165, 1.54) is 26.0 Å². The van der Waals surface area contributed by atoms with Gasteiger partial charge < -0.3 is 28.8 Å². The number of rotatable bonds is 20.